The van der Waals surface area contributed by atoms with E-state index >= 15 is 0 Å². The zero-order valence-corrected chi connectivity index (χ0v) is 17.7. The summed E-state index contributed by atoms with van der Waals surface area (Å²) in [6.07, 6.45) is 2.91. The van der Waals surface area contributed by atoms with Crippen molar-refractivity contribution in [1.82, 2.24) is 9.97 Å². The van der Waals surface area contributed by atoms with E-state index in [1.54, 1.807) is 38.6 Å². The van der Waals surface area contributed by atoms with E-state index in [-0.39, 0.29) is 18.6 Å². The molecule has 0 radical (unpaired) electrons. The smallest absolute Gasteiger partial charge is 0.257 e. The number of rotatable bonds is 10. The van der Waals surface area contributed by atoms with Crippen LogP contribution in [0.3, 0.4) is 0 Å². The highest BCUT2D eigenvalue weighted by atomic mass is 16.5. The number of nitrogens with one attached hydrogen (secondary N) is 1. The van der Waals surface area contributed by atoms with Crippen molar-refractivity contribution in [1.29, 1.82) is 0 Å². The van der Waals surface area contributed by atoms with E-state index in [0.29, 0.717) is 42.5 Å². The Morgan fingerprint density at radius 3 is 2.67 bits per heavy atom. The molecule has 1 amide bonds. The maximum atomic E-state index is 12.7. The Bertz CT molecular complexity index is 875. The van der Waals surface area contributed by atoms with E-state index in [9.17, 15) is 4.79 Å². The normalized spacial score (nSPS) is 11.3. The zero-order chi connectivity index (χ0) is 21.8. The van der Waals surface area contributed by atoms with Gasteiger partial charge >= 0.3 is 0 Å². The lowest BCUT2D eigenvalue weighted by atomic mass is 10.1. The van der Waals surface area contributed by atoms with E-state index in [1.165, 1.54) is 6.20 Å². The van der Waals surface area contributed by atoms with Crippen molar-refractivity contribution in [3.63, 3.8) is 0 Å². The second-order valence-electron chi connectivity index (χ2n) is 6.47. The fraction of sp³-hybridized carbons (Fsp3) is 0.409. The van der Waals surface area contributed by atoms with Crippen molar-refractivity contribution in [2.75, 3.05) is 46.0 Å². The van der Waals surface area contributed by atoms with E-state index in [4.69, 9.17) is 18.9 Å². The first-order chi connectivity index (χ1) is 14.5. The van der Waals surface area contributed by atoms with Gasteiger partial charge in [-0.05, 0) is 32.0 Å². The number of anilines is 1. The van der Waals surface area contributed by atoms with Crippen LogP contribution in [-0.4, -0.2) is 62.6 Å². The Kier molecular flexibility index (Phi) is 9.74. The summed E-state index contributed by atoms with van der Waals surface area (Å²) in [7, 11) is 3.21. The van der Waals surface area contributed by atoms with Crippen LogP contribution in [0.5, 0.6) is 5.75 Å². The molecule has 160 valence electrons. The molecule has 1 atom stereocenters. The van der Waals surface area contributed by atoms with Crippen molar-refractivity contribution in [2.45, 2.75) is 20.0 Å². The standard InChI is InChI=1S/C22H27N3O5/c1-16-13-24-21(14-23-16)25-22(26)19-10-18(6-5-7-29-9-8-27-3)11-20(12-19)30-17(2)15-28-4/h10-14,17H,7-9,15H2,1-4H3,(H,24,25,26)/t17-/m0/s1. The Balaban J connectivity index is 2.18. The van der Waals surface area contributed by atoms with Crippen molar-refractivity contribution in [2.24, 2.45) is 0 Å². The number of aryl methyl sites for hydroxylation is 1. The maximum Gasteiger partial charge on any atom is 0.257 e. The molecule has 8 heteroatoms. The molecule has 0 aliphatic heterocycles. The van der Waals surface area contributed by atoms with Crippen LogP contribution in [-0.2, 0) is 14.2 Å². The minimum absolute atomic E-state index is 0.186. The van der Waals surface area contributed by atoms with Gasteiger partial charge in [0, 0.05) is 25.3 Å². The lowest BCUT2D eigenvalue weighted by molar-refractivity contribution is 0.0877. The third-order valence-corrected chi connectivity index (χ3v) is 3.77. The number of benzene rings is 1. The van der Waals surface area contributed by atoms with E-state index in [0.717, 1.165) is 5.69 Å². The molecule has 30 heavy (non-hydrogen) atoms. The average molecular weight is 413 g/mol. The molecule has 0 bridgehead atoms. The van der Waals surface area contributed by atoms with E-state index in [1.807, 2.05) is 13.8 Å². The van der Waals surface area contributed by atoms with Crippen molar-refractivity contribution in [3.05, 3.63) is 47.4 Å². The first-order valence-corrected chi connectivity index (χ1v) is 9.48. The summed E-state index contributed by atoms with van der Waals surface area (Å²) in [5.74, 6) is 6.47. The average Bonchev–Trinajstić information content (AvgIpc) is 2.72. The van der Waals surface area contributed by atoms with Crippen molar-refractivity contribution in [3.8, 4) is 17.6 Å². The minimum Gasteiger partial charge on any atom is -0.488 e. The fourth-order valence-electron chi connectivity index (χ4n) is 2.42. The maximum absolute atomic E-state index is 12.7. The molecule has 0 saturated carbocycles. The number of carbonyl (C=O) groups is 1. The molecule has 0 spiro atoms. The van der Waals surface area contributed by atoms with Gasteiger partial charge in [-0.3, -0.25) is 9.78 Å². The summed E-state index contributed by atoms with van der Waals surface area (Å²) in [5.41, 5.74) is 1.79. The molecule has 0 aliphatic carbocycles. The number of methoxy groups -OCH3 is 2. The van der Waals surface area contributed by atoms with Gasteiger partial charge in [0.05, 0.1) is 37.9 Å². The lowest BCUT2D eigenvalue weighted by Gasteiger charge is -2.15. The molecule has 0 saturated heterocycles. The molecule has 1 aromatic carbocycles. The SMILES string of the molecule is COCCOCC#Cc1cc(O[C@@H](C)COC)cc(C(=O)Nc2cnc(C)cn2)c1. The number of nitrogens with zero attached hydrogens (tertiary/aromatic N) is 2. The molecule has 1 heterocycles. The third kappa shape index (κ3) is 8.17. The predicted molar refractivity (Wildman–Crippen MR) is 113 cm³/mol. The zero-order valence-electron chi connectivity index (χ0n) is 17.7. The van der Waals surface area contributed by atoms with Crippen molar-refractivity contribution >= 4 is 11.7 Å². The molecule has 8 nitrogen and oxygen atoms in total. The number of ether oxygens (including phenoxy) is 4. The summed E-state index contributed by atoms with van der Waals surface area (Å²) >= 11 is 0. The molecule has 1 N–H and O–H groups in total. The van der Waals surface area contributed by atoms with Gasteiger partial charge in [-0.15, -0.1) is 0 Å². The number of carbonyl (C=O) groups excluding carboxylic acids is 1. The Morgan fingerprint density at radius 2 is 1.97 bits per heavy atom. The van der Waals surface area contributed by atoms with Gasteiger partial charge in [-0.1, -0.05) is 11.8 Å². The van der Waals surface area contributed by atoms with Crippen LogP contribution in [0.4, 0.5) is 5.82 Å². The molecule has 0 aliphatic rings. The minimum atomic E-state index is -0.336. The molecule has 2 aromatic rings. The van der Waals surface area contributed by atoms with Crippen LogP contribution in [0.1, 0.15) is 28.5 Å². The molecule has 0 unspecified atom stereocenters. The van der Waals surface area contributed by atoms with Gasteiger partial charge in [0.2, 0.25) is 0 Å². The Labute approximate surface area is 176 Å². The Hall–Kier alpha value is -2.99. The first-order valence-electron chi connectivity index (χ1n) is 9.48. The van der Waals surface area contributed by atoms with Crippen molar-refractivity contribution < 1.29 is 23.7 Å². The number of aromatic nitrogens is 2. The third-order valence-electron chi connectivity index (χ3n) is 3.77. The highest BCUT2D eigenvalue weighted by Gasteiger charge is 2.12. The van der Waals surface area contributed by atoms with Crippen LogP contribution in [0.25, 0.3) is 0 Å². The highest BCUT2D eigenvalue weighted by Crippen LogP contribution is 2.19. The number of hydrogen-bond donors (Lipinski definition) is 1. The van der Waals surface area contributed by atoms with Gasteiger partial charge in [0.15, 0.2) is 5.82 Å². The first kappa shape index (κ1) is 23.3. The summed E-state index contributed by atoms with van der Waals surface area (Å²) in [4.78, 5) is 21.0. The van der Waals surface area contributed by atoms with Gasteiger partial charge in [0.25, 0.3) is 5.91 Å². The molecular formula is C22H27N3O5. The van der Waals surface area contributed by atoms with Gasteiger partial charge in [-0.25, -0.2) is 4.98 Å². The largest absolute Gasteiger partial charge is 0.488 e. The second-order valence-corrected chi connectivity index (χ2v) is 6.47. The topological polar surface area (TPSA) is 91.8 Å². The predicted octanol–water partition coefficient (Wildman–Crippen LogP) is 2.47. The van der Waals surface area contributed by atoms with Gasteiger partial charge < -0.3 is 24.3 Å². The Morgan fingerprint density at radius 1 is 1.13 bits per heavy atom. The number of hydrogen-bond acceptors (Lipinski definition) is 7. The lowest BCUT2D eigenvalue weighted by Crippen LogP contribution is -2.19. The second kappa shape index (κ2) is 12.5. The number of amides is 1. The summed E-state index contributed by atoms with van der Waals surface area (Å²) in [5, 5.41) is 2.73. The molecular weight excluding hydrogens is 386 g/mol. The highest BCUT2D eigenvalue weighted by molar-refractivity contribution is 6.04. The van der Waals surface area contributed by atoms with Crippen LogP contribution in [0, 0.1) is 18.8 Å². The molecule has 0 fully saturated rings. The van der Waals surface area contributed by atoms with Crippen LogP contribution in [0.2, 0.25) is 0 Å². The van der Waals surface area contributed by atoms with Crippen LogP contribution in [0.15, 0.2) is 30.6 Å². The monoisotopic (exact) mass is 413 g/mol. The summed E-state index contributed by atoms with van der Waals surface area (Å²) in [6, 6.07) is 5.12. The quantitative estimate of drug-likeness (QED) is 0.472. The van der Waals surface area contributed by atoms with E-state index < -0.39 is 0 Å². The summed E-state index contributed by atoms with van der Waals surface area (Å²) in [6.45, 7) is 5.36. The fourth-order valence-corrected chi connectivity index (χ4v) is 2.42. The van der Waals surface area contributed by atoms with Crippen LogP contribution < -0.4 is 10.1 Å². The molecule has 1 aromatic heterocycles. The van der Waals surface area contributed by atoms with Gasteiger partial charge in [-0.2, -0.15) is 0 Å². The van der Waals surface area contributed by atoms with Gasteiger partial charge in [0.1, 0.15) is 18.5 Å². The van der Waals surface area contributed by atoms with Crippen LogP contribution >= 0.6 is 0 Å². The summed E-state index contributed by atoms with van der Waals surface area (Å²) < 4.78 is 21.2. The van der Waals surface area contributed by atoms with E-state index in [2.05, 4.69) is 27.1 Å². The molecule has 2 rings (SSSR count).